The predicted molar refractivity (Wildman–Crippen MR) is 110 cm³/mol. The van der Waals surface area contributed by atoms with Gasteiger partial charge in [0, 0.05) is 54.0 Å². The molecule has 0 spiro atoms. The summed E-state index contributed by atoms with van der Waals surface area (Å²) in [5.41, 5.74) is 4.25. The summed E-state index contributed by atoms with van der Waals surface area (Å²) in [4.78, 5) is 38.1. The fourth-order valence-corrected chi connectivity index (χ4v) is 3.96. The molecule has 146 valence electrons. The molecular weight excluding hydrogens is 352 g/mol. The van der Waals surface area contributed by atoms with Gasteiger partial charge < -0.3 is 14.9 Å². The molecule has 0 saturated carbocycles. The fraction of sp³-hybridized carbons (Fsp3) is 0.409. The summed E-state index contributed by atoms with van der Waals surface area (Å²) in [5, 5.41) is 0. The number of nitrogens with zero attached hydrogens (tertiary/aromatic N) is 2. The molecule has 0 unspecified atom stereocenters. The molecule has 4 rings (SSSR count). The summed E-state index contributed by atoms with van der Waals surface area (Å²) in [6, 6.07) is 8.92. The minimum atomic E-state index is 0.0142. The van der Waals surface area contributed by atoms with E-state index in [9.17, 15) is 9.59 Å². The zero-order valence-electron chi connectivity index (χ0n) is 16.6. The van der Waals surface area contributed by atoms with Crippen molar-refractivity contribution in [2.24, 2.45) is 0 Å². The third-order valence-electron chi connectivity index (χ3n) is 5.44. The Bertz CT molecular complexity index is 1080. The number of carbonyl (C=O) groups excluding carboxylic acids is 1. The number of aromatic nitrogens is 3. The number of aryl methyl sites for hydroxylation is 1. The molecule has 1 aliphatic heterocycles. The van der Waals surface area contributed by atoms with E-state index in [0.717, 1.165) is 47.6 Å². The predicted octanol–water partition coefficient (Wildman–Crippen LogP) is 3.70. The van der Waals surface area contributed by atoms with Crippen molar-refractivity contribution in [3.63, 3.8) is 0 Å². The Balaban J connectivity index is 1.57. The molecule has 1 fully saturated rings. The van der Waals surface area contributed by atoms with Crippen LogP contribution >= 0.6 is 0 Å². The molecule has 3 aromatic rings. The van der Waals surface area contributed by atoms with E-state index in [0.29, 0.717) is 18.0 Å². The molecule has 0 aliphatic carbocycles. The Kier molecular flexibility index (Phi) is 4.79. The standard InChI is InChI=1S/C22H26N4O2/c1-13(2)21-24-18-7-6-15(10-20(18)25-21)22(28)26-8-4-5-16(12-26)19-11-17(27)9-14(3)23-19/h6-7,9-11,13,16H,4-5,8,12H2,1-3H3,(H,23,27)(H,24,25)/t16-/m1/s1. The van der Waals surface area contributed by atoms with E-state index < -0.39 is 0 Å². The van der Waals surface area contributed by atoms with Crippen LogP contribution in [0.1, 0.15) is 66.1 Å². The van der Waals surface area contributed by atoms with Gasteiger partial charge in [0.25, 0.3) is 5.91 Å². The second-order valence-electron chi connectivity index (χ2n) is 8.05. The maximum Gasteiger partial charge on any atom is 0.253 e. The quantitative estimate of drug-likeness (QED) is 0.729. The number of hydrogen-bond donors (Lipinski definition) is 2. The van der Waals surface area contributed by atoms with Crippen molar-refractivity contribution in [2.45, 2.75) is 45.4 Å². The van der Waals surface area contributed by atoms with Crippen LogP contribution in [0.15, 0.2) is 35.1 Å². The number of H-pyrrole nitrogens is 2. The number of nitrogens with one attached hydrogen (secondary N) is 2. The van der Waals surface area contributed by atoms with Crippen LogP contribution in [0.4, 0.5) is 0 Å². The number of fused-ring (bicyclic) bond motifs is 1. The lowest BCUT2D eigenvalue weighted by Gasteiger charge is -2.33. The fourth-order valence-electron chi connectivity index (χ4n) is 3.96. The largest absolute Gasteiger partial charge is 0.362 e. The van der Waals surface area contributed by atoms with Crippen molar-refractivity contribution in [1.82, 2.24) is 19.9 Å². The van der Waals surface area contributed by atoms with Crippen LogP contribution in [0.25, 0.3) is 11.0 Å². The van der Waals surface area contributed by atoms with E-state index in [-0.39, 0.29) is 17.3 Å². The first kappa shape index (κ1) is 18.5. The lowest BCUT2D eigenvalue weighted by molar-refractivity contribution is 0.0706. The highest BCUT2D eigenvalue weighted by molar-refractivity contribution is 5.97. The summed E-state index contributed by atoms with van der Waals surface area (Å²) in [7, 11) is 0. The van der Waals surface area contributed by atoms with Gasteiger partial charge in [0.15, 0.2) is 5.43 Å². The Morgan fingerprint density at radius 3 is 2.79 bits per heavy atom. The molecule has 1 amide bonds. The summed E-state index contributed by atoms with van der Waals surface area (Å²) in [5.74, 6) is 1.43. The number of rotatable bonds is 3. The zero-order chi connectivity index (χ0) is 19.8. The van der Waals surface area contributed by atoms with Crippen LogP contribution in [0.3, 0.4) is 0 Å². The Morgan fingerprint density at radius 2 is 2.04 bits per heavy atom. The summed E-state index contributed by atoms with van der Waals surface area (Å²) >= 11 is 0. The van der Waals surface area contributed by atoms with E-state index >= 15 is 0 Å². The van der Waals surface area contributed by atoms with Gasteiger partial charge in [-0.2, -0.15) is 0 Å². The van der Waals surface area contributed by atoms with Gasteiger partial charge in [0.1, 0.15) is 5.82 Å². The van der Waals surface area contributed by atoms with Crippen molar-refractivity contribution >= 4 is 16.9 Å². The third-order valence-corrected chi connectivity index (χ3v) is 5.44. The normalized spacial score (nSPS) is 17.4. The molecule has 28 heavy (non-hydrogen) atoms. The average Bonchev–Trinajstić information content (AvgIpc) is 3.10. The van der Waals surface area contributed by atoms with E-state index in [1.54, 1.807) is 12.1 Å². The van der Waals surface area contributed by atoms with Crippen molar-refractivity contribution in [3.8, 4) is 0 Å². The van der Waals surface area contributed by atoms with Crippen molar-refractivity contribution in [2.75, 3.05) is 13.1 Å². The van der Waals surface area contributed by atoms with Crippen LogP contribution in [-0.4, -0.2) is 38.8 Å². The average molecular weight is 378 g/mol. The summed E-state index contributed by atoms with van der Waals surface area (Å²) in [6.45, 7) is 7.43. The molecule has 0 radical (unpaired) electrons. The van der Waals surface area contributed by atoms with Crippen LogP contribution in [0.5, 0.6) is 0 Å². The maximum atomic E-state index is 13.1. The molecule has 1 atom stereocenters. The van der Waals surface area contributed by atoms with Gasteiger partial charge >= 0.3 is 0 Å². The highest BCUT2D eigenvalue weighted by Crippen LogP contribution is 2.27. The lowest BCUT2D eigenvalue weighted by Crippen LogP contribution is -2.39. The molecule has 2 N–H and O–H groups in total. The Morgan fingerprint density at radius 1 is 1.21 bits per heavy atom. The monoisotopic (exact) mass is 378 g/mol. The number of amides is 1. The molecule has 1 saturated heterocycles. The smallest absolute Gasteiger partial charge is 0.253 e. The third kappa shape index (κ3) is 3.59. The number of aromatic amines is 2. The first-order valence-corrected chi connectivity index (χ1v) is 9.90. The van der Waals surface area contributed by atoms with E-state index in [1.807, 2.05) is 30.0 Å². The molecule has 1 aromatic carbocycles. The number of piperidine rings is 1. The van der Waals surface area contributed by atoms with Gasteiger partial charge in [0.05, 0.1) is 11.0 Å². The van der Waals surface area contributed by atoms with E-state index in [4.69, 9.17) is 0 Å². The topological polar surface area (TPSA) is 81.8 Å². The number of hydrogen-bond acceptors (Lipinski definition) is 3. The van der Waals surface area contributed by atoms with Crippen LogP contribution in [0, 0.1) is 6.92 Å². The van der Waals surface area contributed by atoms with Gasteiger partial charge in [-0.15, -0.1) is 0 Å². The second kappa shape index (κ2) is 7.26. The second-order valence-corrected chi connectivity index (χ2v) is 8.05. The van der Waals surface area contributed by atoms with E-state index in [2.05, 4.69) is 28.8 Å². The van der Waals surface area contributed by atoms with Gasteiger partial charge in [-0.3, -0.25) is 9.59 Å². The molecular formula is C22H26N4O2. The number of imidazole rings is 1. The number of benzene rings is 1. The highest BCUT2D eigenvalue weighted by atomic mass is 16.2. The first-order valence-electron chi connectivity index (χ1n) is 9.90. The van der Waals surface area contributed by atoms with Gasteiger partial charge in [0.2, 0.25) is 0 Å². The maximum absolute atomic E-state index is 13.1. The minimum absolute atomic E-state index is 0.0142. The zero-order valence-corrected chi connectivity index (χ0v) is 16.6. The minimum Gasteiger partial charge on any atom is -0.362 e. The van der Waals surface area contributed by atoms with Crippen LogP contribution < -0.4 is 5.43 Å². The molecule has 0 bridgehead atoms. The first-order chi connectivity index (χ1) is 13.4. The van der Waals surface area contributed by atoms with Gasteiger partial charge in [-0.05, 0) is 38.0 Å². The Hall–Kier alpha value is -2.89. The summed E-state index contributed by atoms with van der Waals surface area (Å²) in [6.07, 6.45) is 1.90. The number of likely N-dealkylation sites (tertiary alicyclic amines) is 1. The summed E-state index contributed by atoms with van der Waals surface area (Å²) < 4.78 is 0. The number of pyridine rings is 1. The van der Waals surface area contributed by atoms with Crippen LogP contribution in [-0.2, 0) is 0 Å². The lowest BCUT2D eigenvalue weighted by atomic mass is 9.93. The molecule has 2 aromatic heterocycles. The van der Waals surface area contributed by atoms with Crippen molar-refractivity contribution in [3.05, 3.63) is 63.3 Å². The van der Waals surface area contributed by atoms with Crippen LogP contribution in [0.2, 0.25) is 0 Å². The van der Waals surface area contributed by atoms with E-state index in [1.165, 1.54) is 0 Å². The van der Waals surface area contributed by atoms with Gasteiger partial charge in [-0.1, -0.05) is 13.8 Å². The SMILES string of the molecule is Cc1cc(=O)cc([C@@H]2CCCN(C(=O)c3ccc4nc(C(C)C)[nH]c4c3)C2)[nH]1. The van der Waals surface area contributed by atoms with Crippen molar-refractivity contribution in [1.29, 1.82) is 0 Å². The highest BCUT2D eigenvalue weighted by Gasteiger charge is 2.26. The number of carbonyl (C=O) groups is 1. The van der Waals surface area contributed by atoms with Crippen molar-refractivity contribution < 1.29 is 4.79 Å². The molecule has 6 nitrogen and oxygen atoms in total. The Labute approximate surface area is 164 Å². The molecule has 3 heterocycles. The van der Waals surface area contributed by atoms with Gasteiger partial charge in [-0.25, -0.2) is 4.98 Å². The molecule has 1 aliphatic rings. The molecule has 6 heteroatoms.